The van der Waals surface area contributed by atoms with E-state index in [9.17, 15) is 91.3 Å². The van der Waals surface area contributed by atoms with Gasteiger partial charge in [-0.15, -0.1) is 0 Å². The lowest BCUT2D eigenvalue weighted by molar-refractivity contribution is -0.378. The maximum Gasteiger partial charge on any atom is 0.331 e. The molecule has 5 aliphatic carbocycles. The number of hydrogen-bond acceptors (Lipinski definition) is 32. The molecule has 0 bridgehead atoms. The molecule has 0 spiro atoms. The molecule has 5 aliphatic heterocycles. The third-order valence-electron chi connectivity index (χ3n) is 25.4. The van der Waals surface area contributed by atoms with Gasteiger partial charge in [0, 0.05) is 11.5 Å². The first-order valence-corrected chi connectivity index (χ1v) is 35.7. The van der Waals surface area contributed by atoms with Gasteiger partial charge in [-0.3, -0.25) is 9.59 Å². The van der Waals surface area contributed by atoms with Gasteiger partial charge in [0.2, 0.25) is 12.0 Å². The zero-order valence-corrected chi connectivity index (χ0v) is 59.9. The number of ether oxygens (including phenoxy) is 14. The Hall–Kier alpha value is -4.45. The first kappa shape index (κ1) is 80.6. The number of carboxylic acids is 1. The number of allylic oxidation sites excluding steroid dienone is 1. The largest absolute Gasteiger partial charge is 0.493 e. The summed E-state index contributed by atoms with van der Waals surface area (Å²) in [5.74, 6) is -3.93. The van der Waals surface area contributed by atoms with Crippen molar-refractivity contribution in [3.05, 3.63) is 35.4 Å². The Morgan fingerprint density at radius 1 is 0.567 bits per heavy atom. The molecular formula is C71H106O33. The molecule has 0 aromatic heterocycles. The van der Waals surface area contributed by atoms with E-state index in [0.29, 0.717) is 31.2 Å². The number of fused-ring (bicyclic) bond motifs is 7. The number of carbonyl (C=O) groups excluding carboxylic acids is 2. The van der Waals surface area contributed by atoms with Crippen LogP contribution in [0.5, 0.6) is 17.2 Å². The lowest BCUT2D eigenvalue weighted by Crippen LogP contribution is -2.71. The lowest BCUT2D eigenvalue weighted by Gasteiger charge is -2.71. The molecule has 11 rings (SSSR count). The van der Waals surface area contributed by atoms with E-state index in [1.165, 1.54) is 48.2 Å². The second kappa shape index (κ2) is 30.8. The number of aliphatic hydroxyl groups excluding tert-OH is 15. The summed E-state index contributed by atoms with van der Waals surface area (Å²) >= 11 is 0. The minimum Gasteiger partial charge on any atom is -0.493 e. The molecule has 0 radical (unpaired) electrons. The molecule has 16 N–H and O–H groups in total. The molecule has 5 saturated heterocycles. The first-order valence-electron chi connectivity index (χ1n) is 35.7. The molecule has 1 aromatic carbocycles. The standard InChI is InChI=1S/C71H106O33/c1-29-54(101-59-49(83)45(79)39(27-94-59)99-61-50(84)46(80)43(77)37(25-72)97-61)48(82)52(86)60(95-29)102-57-53(87)55(100-42(76)14-11-31-21-35(91-8)56(93-10)36(22-31)92-9)30(2)96-63(57)104-65(90)70-18-17-66(3,4)23-33(70)32-12-13-40-67(5)24-34(75)58(103-62-51(85)47(81)44(78)38(26-73)98-62)69(7,64(88)89)41(67)15-16-68(40,6)71(32,28-74)20-19-70/h11-12,14,21-22,29-30,33-34,37-41,43-55,57-63,72-75,77-87H,13,15-20,23-28H2,1-10H3,(H,88,89)/b14-11+/t29-,30+,33-,34-,37+,38+,39+,40+,41+,43-,44+,45-,46-,47-,48-,49+,50+,51+,52+,53-,54-,55-,57+,58-,59-,60-,61-,62-,63-,67+,68+,69-,70-,71-/m0/s1. The summed E-state index contributed by atoms with van der Waals surface area (Å²) in [7, 11) is 4.25. The summed E-state index contributed by atoms with van der Waals surface area (Å²) < 4.78 is 82.5. The van der Waals surface area contributed by atoms with Crippen molar-refractivity contribution in [3.8, 4) is 17.2 Å². The van der Waals surface area contributed by atoms with Gasteiger partial charge in [-0.1, -0.05) is 39.3 Å². The number of carboxylic acid groups (broad SMARTS) is 1. The number of carbonyl (C=O) groups is 3. The number of aliphatic hydroxyl groups is 15. The molecular weight excluding hydrogens is 1380 g/mol. The summed E-state index contributed by atoms with van der Waals surface area (Å²) in [5, 5.41) is 178. The zero-order valence-electron chi connectivity index (χ0n) is 59.9. The van der Waals surface area contributed by atoms with E-state index in [1.54, 1.807) is 12.1 Å². The lowest BCUT2D eigenvalue weighted by atomic mass is 9.33. The summed E-state index contributed by atoms with van der Waals surface area (Å²) in [5.41, 5.74) is -5.17. The van der Waals surface area contributed by atoms with Crippen LogP contribution in [0.4, 0.5) is 0 Å². The molecule has 4 saturated carbocycles. The van der Waals surface area contributed by atoms with Gasteiger partial charge in [-0.25, -0.2) is 4.79 Å². The second-order valence-electron chi connectivity index (χ2n) is 31.6. The fourth-order valence-corrected chi connectivity index (χ4v) is 19.5. The van der Waals surface area contributed by atoms with Gasteiger partial charge < -0.3 is 148 Å². The number of rotatable bonds is 20. The van der Waals surface area contributed by atoms with Crippen LogP contribution in [0.3, 0.4) is 0 Å². The average Bonchev–Trinajstić information content (AvgIpc) is 0.669. The van der Waals surface area contributed by atoms with E-state index in [2.05, 4.69) is 26.8 Å². The summed E-state index contributed by atoms with van der Waals surface area (Å²) in [4.78, 5) is 43.8. The third kappa shape index (κ3) is 13.8. The molecule has 34 atom stereocenters. The number of benzene rings is 1. The zero-order chi connectivity index (χ0) is 76.0. The number of hydrogen-bond donors (Lipinski definition) is 16. The molecule has 5 heterocycles. The van der Waals surface area contributed by atoms with E-state index in [-0.39, 0.29) is 61.4 Å². The predicted molar refractivity (Wildman–Crippen MR) is 350 cm³/mol. The highest BCUT2D eigenvalue weighted by molar-refractivity contribution is 5.87. The molecule has 10 aliphatic rings. The van der Waals surface area contributed by atoms with Crippen molar-refractivity contribution in [1.82, 2.24) is 0 Å². The van der Waals surface area contributed by atoms with Crippen LogP contribution in [0.1, 0.15) is 112 Å². The number of aliphatic carboxylic acids is 1. The Bertz CT molecular complexity index is 3240. The second-order valence-corrected chi connectivity index (χ2v) is 31.6. The van der Waals surface area contributed by atoms with Crippen LogP contribution in [-0.2, 0) is 66.5 Å². The van der Waals surface area contributed by atoms with Crippen molar-refractivity contribution in [2.45, 2.75) is 266 Å². The molecule has 104 heavy (non-hydrogen) atoms. The summed E-state index contributed by atoms with van der Waals surface area (Å²) in [6.45, 7) is 10.1. The third-order valence-corrected chi connectivity index (χ3v) is 25.4. The molecule has 33 heteroatoms. The van der Waals surface area contributed by atoms with Crippen LogP contribution in [0.15, 0.2) is 29.9 Å². The Morgan fingerprint density at radius 2 is 1.12 bits per heavy atom. The van der Waals surface area contributed by atoms with Gasteiger partial charge in [0.1, 0.15) is 97.7 Å². The van der Waals surface area contributed by atoms with E-state index >= 15 is 4.79 Å². The van der Waals surface area contributed by atoms with Crippen molar-refractivity contribution in [2.75, 3.05) is 47.8 Å². The van der Waals surface area contributed by atoms with E-state index in [1.807, 2.05) is 6.92 Å². The minimum absolute atomic E-state index is 0.00124. The summed E-state index contributed by atoms with van der Waals surface area (Å²) in [6, 6.07) is 3.14. The number of methoxy groups -OCH3 is 3. The van der Waals surface area contributed by atoms with Gasteiger partial charge in [0.25, 0.3) is 0 Å². The van der Waals surface area contributed by atoms with Crippen molar-refractivity contribution in [3.63, 3.8) is 0 Å². The van der Waals surface area contributed by atoms with Crippen molar-refractivity contribution in [1.29, 1.82) is 0 Å². The quantitative estimate of drug-likeness (QED) is 0.0285. The topological polar surface area (TPSA) is 504 Å². The van der Waals surface area contributed by atoms with Gasteiger partial charge in [0.05, 0.1) is 76.9 Å². The SMILES string of the molecule is COc1cc(/C=C/C(=O)O[C@@H]2[C@H](O)[C@@H](O[C@@H]3O[C@@H](C)[C@H](O[C@@H]4OC[C@@H](O[C@@H]5O[C@H](CO)[C@H](O)[C@H](O)[C@H]5O)[C@H](O)[C@H]4O)[C@@H](O)[C@H]3O)[C@H](OC(=O)[C@]34CCC(C)(C)C[C@H]3C3=CC[C@@H]5[C@@]6(C)C[C@H](O)[C@H](O[C@@H]7O[C@H](CO)[C@@H](O)[C@H](O)[C@H]7O)[C@@](C)(C(=O)O)[C@@H]6CC[C@@]5(C)[C@]3(CO)CC4)O[C@@H]2C)cc(OC)c1OC. The summed E-state index contributed by atoms with van der Waals surface area (Å²) in [6.07, 6.45) is -37.5. The van der Waals surface area contributed by atoms with Crippen LogP contribution in [0.2, 0.25) is 0 Å². The molecule has 9 fully saturated rings. The van der Waals surface area contributed by atoms with Crippen LogP contribution in [0, 0.1) is 50.2 Å². The molecule has 33 nitrogen and oxygen atoms in total. The monoisotopic (exact) mass is 1490 g/mol. The Labute approximate surface area is 600 Å². The van der Waals surface area contributed by atoms with Gasteiger partial charge in [0.15, 0.2) is 48.9 Å². The number of esters is 2. The fraction of sp³-hybridized carbons (Fsp3) is 0.817. The predicted octanol–water partition coefficient (Wildman–Crippen LogP) is -2.22. The normalized spacial score (nSPS) is 47.9. The van der Waals surface area contributed by atoms with Crippen LogP contribution in [0.25, 0.3) is 6.08 Å². The molecule has 0 unspecified atom stereocenters. The maximum atomic E-state index is 16.0. The fourth-order valence-electron chi connectivity index (χ4n) is 19.5. The smallest absolute Gasteiger partial charge is 0.331 e. The molecule has 0 amide bonds. The van der Waals surface area contributed by atoms with Gasteiger partial charge >= 0.3 is 17.9 Å². The Kier molecular flexibility index (Phi) is 23.8. The minimum atomic E-state index is -2.09. The van der Waals surface area contributed by atoms with Gasteiger partial charge in [-0.05, 0) is 136 Å². The van der Waals surface area contributed by atoms with Crippen molar-refractivity contribution in [2.24, 2.45) is 50.2 Å². The highest BCUT2D eigenvalue weighted by Gasteiger charge is 2.74. The van der Waals surface area contributed by atoms with Crippen LogP contribution < -0.4 is 14.2 Å². The first-order chi connectivity index (χ1) is 49.0. The van der Waals surface area contributed by atoms with Gasteiger partial charge in [-0.2, -0.15) is 0 Å². The highest BCUT2D eigenvalue weighted by Crippen LogP contribution is 2.76. The van der Waals surface area contributed by atoms with E-state index in [4.69, 9.17) is 66.3 Å². The highest BCUT2D eigenvalue weighted by atomic mass is 16.8. The maximum absolute atomic E-state index is 16.0. The average molecular weight is 1490 g/mol. The van der Waals surface area contributed by atoms with Crippen molar-refractivity contribution < 1.29 is 162 Å². The van der Waals surface area contributed by atoms with E-state index in [0.717, 1.165) is 11.6 Å². The Balaban J connectivity index is 0.856. The molecule has 1 aromatic rings. The Morgan fingerprint density at radius 3 is 1.71 bits per heavy atom. The van der Waals surface area contributed by atoms with E-state index < -0.39 is 242 Å². The van der Waals surface area contributed by atoms with Crippen LogP contribution >= 0.6 is 0 Å². The van der Waals surface area contributed by atoms with Crippen molar-refractivity contribution >= 4 is 24.0 Å². The van der Waals surface area contributed by atoms with Crippen LogP contribution in [-0.4, -0.2) is 307 Å². The molecule has 588 valence electrons.